The Labute approximate surface area is 145 Å². The van der Waals surface area contributed by atoms with E-state index in [1.54, 1.807) is 0 Å². The molecular weight excluding hydrogens is 304 g/mol. The molecule has 0 unspecified atom stereocenters. The highest BCUT2D eigenvalue weighted by atomic mass is 16.6. The van der Waals surface area contributed by atoms with Gasteiger partial charge in [0.05, 0.1) is 12.7 Å². The normalized spacial score (nSPS) is 20.3. The molecular formula is C19H30N2O3. The summed E-state index contributed by atoms with van der Waals surface area (Å²) in [5.41, 5.74) is 0.783. The molecule has 0 atom stereocenters. The Balaban J connectivity index is 1.44. The number of hydrogen-bond donors (Lipinski definition) is 2. The molecule has 0 spiro atoms. The predicted molar refractivity (Wildman–Crippen MR) is 94.9 cm³/mol. The summed E-state index contributed by atoms with van der Waals surface area (Å²) in [6.45, 7) is 7.80. The number of ether oxygens (including phenoxy) is 2. The molecule has 1 fully saturated rings. The second-order valence-corrected chi connectivity index (χ2v) is 7.32. The first kappa shape index (κ1) is 18.7. The Hall–Kier alpha value is -1.59. The molecule has 2 rings (SSSR count). The number of rotatable bonds is 8. The smallest absolute Gasteiger partial charge is 0.407 e. The average molecular weight is 334 g/mol. The van der Waals surface area contributed by atoms with E-state index >= 15 is 0 Å². The Bertz CT molecular complexity index is 493. The second kappa shape index (κ2) is 9.04. The van der Waals surface area contributed by atoms with Gasteiger partial charge >= 0.3 is 6.09 Å². The second-order valence-electron chi connectivity index (χ2n) is 7.32. The average Bonchev–Trinajstić information content (AvgIpc) is 2.47. The van der Waals surface area contributed by atoms with E-state index in [2.05, 4.69) is 22.8 Å². The molecule has 1 aromatic rings. The van der Waals surface area contributed by atoms with Crippen LogP contribution in [0.3, 0.4) is 0 Å². The van der Waals surface area contributed by atoms with Crippen molar-refractivity contribution >= 4 is 6.09 Å². The lowest BCUT2D eigenvalue weighted by atomic mass is 9.89. The van der Waals surface area contributed by atoms with Crippen molar-refractivity contribution in [1.82, 2.24) is 10.6 Å². The molecule has 5 nitrogen and oxygen atoms in total. The first-order valence-electron chi connectivity index (χ1n) is 8.78. The van der Waals surface area contributed by atoms with Gasteiger partial charge in [-0.2, -0.15) is 0 Å². The topological polar surface area (TPSA) is 59.6 Å². The summed E-state index contributed by atoms with van der Waals surface area (Å²) in [4.78, 5) is 11.5. The molecule has 0 aromatic heterocycles. The number of benzene rings is 1. The van der Waals surface area contributed by atoms with Gasteiger partial charge in [0.2, 0.25) is 0 Å². The van der Waals surface area contributed by atoms with Crippen molar-refractivity contribution in [2.45, 2.75) is 64.4 Å². The van der Waals surface area contributed by atoms with E-state index in [1.165, 1.54) is 5.56 Å². The van der Waals surface area contributed by atoms with E-state index in [9.17, 15) is 4.79 Å². The van der Waals surface area contributed by atoms with Gasteiger partial charge in [-0.05, 0) is 52.1 Å². The monoisotopic (exact) mass is 334 g/mol. The fourth-order valence-electron chi connectivity index (χ4n) is 2.56. The maximum Gasteiger partial charge on any atom is 0.407 e. The number of hydrogen-bond acceptors (Lipinski definition) is 4. The number of amides is 1. The number of carbonyl (C=O) groups is 1. The minimum absolute atomic E-state index is 0.347. The summed E-state index contributed by atoms with van der Waals surface area (Å²) >= 11 is 0. The van der Waals surface area contributed by atoms with Crippen LogP contribution in [0.25, 0.3) is 0 Å². The van der Waals surface area contributed by atoms with E-state index in [-0.39, 0.29) is 6.09 Å². The third kappa shape index (κ3) is 7.32. The van der Waals surface area contributed by atoms with Crippen LogP contribution in [0.5, 0.6) is 0 Å². The first-order valence-corrected chi connectivity index (χ1v) is 8.78. The van der Waals surface area contributed by atoms with E-state index in [0.29, 0.717) is 25.3 Å². The summed E-state index contributed by atoms with van der Waals surface area (Å²) < 4.78 is 11.1. The van der Waals surface area contributed by atoms with E-state index < -0.39 is 5.60 Å². The van der Waals surface area contributed by atoms with Crippen molar-refractivity contribution in [3.8, 4) is 0 Å². The van der Waals surface area contributed by atoms with Crippen LogP contribution in [0.2, 0.25) is 0 Å². The Morgan fingerprint density at radius 2 is 1.88 bits per heavy atom. The first-order chi connectivity index (χ1) is 11.4. The number of nitrogens with one attached hydrogen (secondary N) is 2. The van der Waals surface area contributed by atoms with E-state index in [0.717, 1.165) is 25.8 Å². The van der Waals surface area contributed by atoms with Gasteiger partial charge in [0, 0.05) is 12.6 Å². The largest absolute Gasteiger partial charge is 0.444 e. The lowest BCUT2D eigenvalue weighted by Gasteiger charge is -2.35. The molecule has 2 N–H and O–H groups in total. The molecule has 134 valence electrons. The molecule has 5 heteroatoms. The van der Waals surface area contributed by atoms with Gasteiger partial charge in [0.1, 0.15) is 5.60 Å². The van der Waals surface area contributed by atoms with Gasteiger partial charge in [0.25, 0.3) is 0 Å². The zero-order valence-electron chi connectivity index (χ0n) is 15.0. The van der Waals surface area contributed by atoms with Crippen LogP contribution in [0.4, 0.5) is 4.79 Å². The minimum Gasteiger partial charge on any atom is -0.444 e. The molecule has 0 saturated heterocycles. The fourth-order valence-corrected chi connectivity index (χ4v) is 2.56. The third-order valence-corrected chi connectivity index (χ3v) is 3.88. The maximum absolute atomic E-state index is 11.5. The zero-order valence-corrected chi connectivity index (χ0v) is 15.0. The van der Waals surface area contributed by atoms with Gasteiger partial charge in [-0.25, -0.2) is 4.79 Å². The molecule has 1 aliphatic rings. The van der Waals surface area contributed by atoms with Gasteiger partial charge in [-0.15, -0.1) is 0 Å². The van der Waals surface area contributed by atoms with Crippen LogP contribution in [-0.4, -0.2) is 36.9 Å². The lowest BCUT2D eigenvalue weighted by molar-refractivity contribution is -0.0264. The summed E-state index contributed by atoms with van der Waals surface area (Å²) in [5, 5.41) is 6.27. The third-order valence-electron chi connectivity index (χ3n) is 3.88. The predicted octanol–water partition coefficient (Wildman–Crippen LogP) is 3.24. The van der Waals surface area contributed by atoms with Crippen molar-refractivity contribution in [1.29, 1.82) is 0 Å². The summed E-state index contributed by atoms with van der Waals surface area (Å²) in [6.07, 6.45) is 3.03. The SMILES string of the molecule is CC(C)(C)OC(=O)NCCCNC1CC(OCc2ccccc2)C1. The van der Waals surface area contributed by atoms with Crippen molar-refractivity contribution in [3.05, 3.63) is 35.9 Å². The Kier molecular flexibility index (Phi) is 7.06. The molecule has 1 amide bonds. The molecule has 0 bridgehead atoms. The molecule has 0 heterocycles. The van der Waals surface area contributed by atoms with Crippen molar-refractivity contribution in [2.75, 3.05) is 13.1 Å². The molecule has 1 saturated carbocycles. The van der Waals surface area contributed by atoms with Crippen LogP contribution < -0.4 is 10.6 Å². The van der Waals surface area contributed by atoms with Gasteiger partial charge in [-0.3, -0.25) is 0 Å². The molecule has 1 aliphatic carbocycles. The molecule has 24 heavy (non-hydrogen) atoms. The highest BCUT2D eigenvalue weighted by Crippen LogP contribution is 2.24. The van der Waals surface area contributed by atoms with Gasteiger partial charge < -0.3 is 20.1 Å². The minimum atomic E-state index is -0.441. The van der Waals surface area contributed by atoms with Crippen LogP contribution in [-0.2, 0) is 16.1 Å². The molecule has 0 aliphatic heterocycles. The van der Waals surface area contributed by atoms with Crippen molar-refractivity contribution in [2.24, 2.45) is 0 Å². The van der Waals surface area contributed by atoms with Crippen LogP contribution in [0, 0.1) is 0 Å². The number of carbonyl (C=O) groups excluding carboxylic acids is 1. The van der Waals surface area contributed by atoms with Gasteiger partial charge in [0.15, 0.2) is 0 Å². The van der Waals surface area contributed by atoms with Crippen molar-refractivity contribution in [3.63, 3.8) is 0 Å². The van der Waals surface area contributed by atoms with Crippen LogP contribution in [0.15, 0.2) is 30.3 Å². The van der Waals surface area contributed by atoms with Crippen LogP contribution in [0.1, 0.15) is 45.6 Å². The zero-order chi connectivity index (χ0) is 17.4. The van der Waals surface area contributed by atoms with E-state index in [4.69, 9.17) is 9.47 Å². The Morgan fingerprint density at radius 1 is 1.17 bits per heavy atom. The van der Waals surface area contributed by atoms with Gasteiger partial charge in [-0.1, -0.05) is 30.3 Å². The van der Waals surface area contributed by atoms with E-state index in [1.807, 2.05) is 39.0 Å². The summed E-state index contributed by atoms with van der Waals surface area (Å²) in [7, 11) is 0. The number of alkyl carbamates (subject to hydrolysis) is 1. The fraction of sp³-hybridized carbons (Fsp3) is 0.632. The molecule has 1 aromatic carbocycles. The lowest BCUT2D eigenvalue weighted by Crippen LogP contribution is -2.46. The summed E-state index contributed by atoms with van der Waals surface area (Å²) in [5.74, 6) is 0. The Morgan fingerprint density at radius 3 is 2.54 bits per heavy atom. The van der Waals surface area contributed by atoms with Crippen molar-refractivity contribution < 1.29 is 14.3 Å². The summed E-state index contributed by atoms with van der Waals surface area (Å²) in [6, 6.07) is 10.8. The molecule has 0 radical (unpaired) electrons. The highest BCUT2D eigenvalue weighted by Gasteiger charge is 2.29. The van der Waals surface area contributed by atoms with Crippen LogP contribution >= 0.6 is 0 Å². The quantitative estimate of drug-likeness (QED) is 0.717. The standard InChI is InChI=1S/C19H30N2O3/c1-19(2,3)24-18(22)21-11-7-10-20-16-12-17(13-16)23-14-15-8-5-4-6-9-15/h4-6,8-9,16-17,20H,7,10-14H2,1-3H3,(H,21,22). The maximum atomic E-state index is 11.5. The highest BCUT2D eigenvalue weighted by molar-refractivity contribution is 5.67.